The number of hydrogen-bond donors (Lipinski definition) is 0. The highest BCUT2D eigenvalue weighted by molar-refractivity contribution is 6.16. The van der Waals surface area contributed by atoms with Crippen molar-refractivity contribution < 1.29 is 8.83 Å². The van der Waals surface area contributed by atoms with Gasteiger partial charge in [-0.25, -0.2) is 15.0 Å². The van der Waals surface area contributed by atoms with Crippen molar-refractivity contribution in [1.29, 1.82) is 0 Å². The molecular formula is C53H30N4O2. The molecule has 0 aliphatic rings. The van der Waals surface area contributed by atoms with Gasteiger partial charge in [0, 0.05) is 49.5 Å². The topological polar surface area (TPSA) is 69.9 Å². The summed E-state index contributed by atoms with van der Waals surface area (Å²) >= 11 is 0. The molecule has 59 heavy (non-hydrogen) atoms. The minimum Gasteiger partial charge on any atom is -0.456 e. The maximum Gasteiger partial charge on any atom is 0.167 e. The van der Waals surface area contributed by atoms with Gasteiger partial charge < -0.3 is 13.4 Å². The minimum atomic E-state index is 0.525. The van der Waals surface area contributed by atoms with E-state index >= 15 is 0 Å². The highest BCUT2D eigenvalue weighted by atomic mass is 16.3. The van der Waals surface area contributed by atoms with Crippen LogP contribution in [0.3, 0.4) is 0 Å². The van der Waals surface area contributed by atoms with Crippen LogP contribution in [0.2, 0.25) is 0 Å². The van der Waals surface area contributed by atoms with Crippen molar-refractivity contribution >= 4 is 87.2 Å². The van der Waals surface area contributed by atoms with Crippen LogP contribution in [0.1, 0.15) is 0 Å². The van der Waals surface area contributed by atoms with Gasteiger partial charge in [0.25, 0.3) is 0 Å². The van der Waals surface area contributed by atoms with E-state index in [1.807, 2.05) is 42.5 Å². The molecule has 6 heteroatoms. The SMILES string of the molecule is c1ccc2cc(-c3nc(-c4cccc5c4oc4ccccc45)nc(-c4cc(-n5c6ccccc6c6cc7ccccc7cc65)cc5oc6ccccc6c45)n3)ccc2c1. The lowest BCUT2D eigenvalue weighted by Crippen LogP contribution is -2.02. The van der Waals surface area contributed by atoms with Gasteiger partial charge in [-0.05, 0) is 70.1 Å². The highest BCUT2D eigenvalue weighted by Gasteiger charge is 2.23. The van der Waals surface area contributed by atoms with Gasteiger partial charge >= 0.3 is 0 Å². The first-order valence-corrected chi connectivity index (χ1v) is 19.8. The van der Waals surface area contributed by atoms with Crippen molar-refractivity contribution in [1.82, 2.24) is 19.5 Å². The molecule has 9 aromatic carbocycles. The van der Waals surface area contributed by atoms with Gasteiger partial charge in [-0.3, -0.25) is 0 Å². The Labute approximate surface area is 336 Å². The molecule has 13 rings (SSSR count). The van der Waals surface area contributed by atoms with E-state index in [1.54, 1.807) is 0 Å². The molecule has 0 unspecified atom stereocenters. The van der Waals surface area contributed by atoms with E-state index in [2.05, 4.69) is 144 Å². The van der Waals surface area contributed by atoms with E-state index in [0.717, 1.165) is 88.1 Å². The summed E-state index contributed by atoms with van der Waals surface area (Å²) in [6, 6.07) is 63.3. The standard InChI is InChI=1S/C53H30N4O2/c1-2-13-32-26-35(25-24-31(32)12-1)51-54-52(41-20-11-19-39-38-17-6-9-22-46(38)59-50(39)41)56-53(55-51)43-29-36(30-48-49(43)40-18-7-10-23-47(40)58-48)57-44-21-8-5-16-37(44)42-27-33-14-3-4-15-34(33)28-45(42)57/h1-30H. The zero-order chi connectivity index (χ0) is 38.6. The van der Waals surface area contributed by atoms with Gasteiger partial charge in [0.15, 0.2) is 17.5 Å². The van der Waals surface area contributed by atoms with Crippen LogP contribution in [0.25, 0.3) is 127 Å². The Hall–Kier alpha value is -8.09. The second-order valence-corrected chi connectivity index (χ2v) is 15.2. The third kappa shape index (κ3) is 4.84. The van der Waals surface area contributed by atoms with Crippen LogP contribution < -0.4 is 0 Å². The van der Waals surface area contributed by atoms with Crippen LogP contribution in [-0.2, 0) is 0 Å². The summed E-state index contributed by atoms with van der Waals surface area (Å²) in [6.07, 6.45) is 0. The summed E-state index contributed by atoms with van der Waals surface area (Å²) in [5, 5.41) is 11.0. The zero-order valence-corrected chi connectivity index (χ0v) is 31.4. The second kappa shape index (κ2) is 12.2. The zero-order valence-electron chi connectivity index (χ0n) is 31.4. The van der Waals surface area contributed by atoms with Gasteiger partial charge in [0.1, 0.15) is 22.3 Å². The predicted molar refractivity (Wildman–Crippen MR) is 240 cm³/mol. The summed E-state index contributed by atoms with van der Waals surface area (Å²) in [7, 11) is 0. The molecule has 0 bridgehead atoms. The lowest BCUT2D eigenvalue weighted by molar-refractivity contribution is 0.668. The highest BCUT2D eigenvalue weighted by Crippen LogP contribution is 2.42. The van der Waals surface area contributed by atoms with Crippen LogP contribution in [-0.4, -0.2) is 19.5 Å². The van der Waals surface area contributed by atoms with Crippen LogP contribution in [0.5, 0.6) is 0 Å². The molecule has 0 aliphatic heterocycles. The van der Waals surface area contributed by atoms with Gasteiger partial charge in [-0.2, -0.15) is 0 Å². The summed E-state index contributed by atoms with van der Waals surface area (Å²) in [6.45, 7) is 0. The van der Waals surface area contributed by atoms with Crippen molar-refractivity contribution in [3.05, 3.63) is 182 Å². The Balaban J connectivity index is 1.14. The first kappa shape index (κ1) is 32.0. The quantitative estimate of drug-likeness (QED) is 0.179. The molecule has 0 radical (unpaired) electrons. The van der Waals surface area contributed by atoms with Gasteiger partial charge in [-0.1, -0.05) is 127 Å². The normalized spacial score (nSPS) is 12.1. The van der Waals surface area contributed by atoms with Crippen LogP contribution >= 0.6 is 0 Å². The second-order valence-electron chi connectivity index (χ2n) is 15.2. The molecule has 4 aromatic heterocycles. The number of hydrogen-bond acceptors (Lipinski definition) is 5. The molecule has 0 spiro atoms. The number of rotatable bonds is 4. The maximum atomic E-state index is 6.72. The Morgan fingerprint density at radius 2 is 0.983 bits per heavy atom. The fourth-order valence-electron chi connectivity index (χ4n) is 9.08. The molecule has 0 amide bonds. The maximum absolute atomic E-state index is 6.72. The molecule has 274 valence electrons. The smallest absolute Gasteiger partial charge is 0.167 e. The van der Waals surface area contributed by atoms with Crippen LogP contribution in [0, 0.1) is 0 Å². The van der Waals surface area contributed by atoms with Crippen molar-refractivity contribution in [2.45, 2.75) is 0 Å². The number of aromatic nitrogens is 4. The average Bonchev–Trinajstić information content (AvgIpc) is 3.97. The fraction of sp³-hybridized carbons (Fsp3) is 0. The van der Waals surface area contributed by atoms with Crippen molar-refractivity contribution in [2.75, 3.05) is 0 Å². The molecule has 6 nitrogen and oxygen atoms in total. The van der Waals surface area contributed by atoms with Crippen molar-refractivity contribution in [2.24, 2.45) is 0 Å². The van der Waals surface area contributed by atoms with Crippen LogP contribution in [0.4, 0.5) is 0 Å². The largest absolute Gasteiger partial charge is 0.456 e. The number of para-hydroxylation sites is 4. The van der Waals surface area contributed by atoms with E-state index in [1.165, 1.54) is 21.5 Å². The van der Waals surface area contributed by atoms with E-state index < -0.39 is 0 Å². The number of benzene rings is 9. The Morgan fingerprint density at radius 1 is 0.356 bits per heavy atom. The molecular weight excluding hydrogens is 725 g/mol. The average molecular weight is 755 g/mol. The first-order valence-electron chi connectivity index (χ1n) is 19.8. The fourth-order valence-corrected chi connectivity index (χ4v) is 9.08. The summed E-state index contributed by atoms with van der Waals surface area (Å²) in [4.78, 5) is 16.0. The molecule has 0 N–H and O–H groups in total. The summed E-state index contributed by atoms with van der Waals surface area (Å²) in [5.74, 6) is 1.63. The van der Waals surface area contributed by atoms with E-state index in [-0.39, 0.29) is 0 Å². The Kier molecular flexibility index (Phi) is 6.63. The third-order valence-corrected chi connectivity index (χ3v) is 11.8. The lowest BCUT2D eigenvalue weighted by Gasteiger charge is -2.13. The summed E-state index contributed by atoms with van der Waals surface area (Å²) < 4.78 is 15.6. The Bertz CT molecular complexity index is 3870. The monoisotopic (exact) mass is 754 g/mol. The molecule has 0 saturated carbocycles. The van der Waals surface area contributed by atoms with E-state index in [4.69, 9.17) is 23.8 Å². The van der Waals surface area contributed by atoms with Crippen LogP contribution in [0.15, 0.2) is 191 Å². The minimum absolute atomic E-state index is 0.525. The summed E-state index contributed by atoms with van der Waals surface area (Å²) in [5.41, 5.74) is 8.78. The molecule has 0 fully saturated rings. The molecule has 0 saturated heterocycles. The number of nitrogens with zero attached hydrogens (tertiary/aromatic N) is 4. The molecule has 4 heterocycles. The van der Waals surface area contributed by atoms with E-state index in [9.17, 15) is 0 Å². The number of fused-ring (bicyclic) bond motifs is 11. The Morgan fingerprint density at radius 3 is 1.81 bits per heavy atom. The lowest BCUT2D eigenvalue weighted by atomic mass is 10.0. The van der Waals surface area contributed by atoms with Gasteiger partial charge in [0.2, 0.25) is 0 Å². The first-order chi connectivity index (χ1) is 29.2. The molecule has 0 atom stereocenters. The predicted octanol–water partition coefficient (Wildman–Crippen LogP) is 14.1. The number of furan rings is 2. The third-order valence-electron chi connectivity index (χ3n) is 11.8. The molecule has 0 aliphatic carbocycles. The molecule has 13 aromatic rings. The van der Waals surface area contributed by atoms with Gasteiger partial charge in [-0.15, -0.1) is 0 Å². The van der Waals surface area contributed by atoms with Crippen molar-refractivity contribution in [3.63, 3.8) is 0 Å². The van der Waals surface area contributed by atoms with Gasteiger partial charge in [0.05, 0.1) is 22.3 Å². The van der Waals surface area contributed by atoms with Crippen molar-refractivity contribution in [3.8, 4) is 39.9 Å². The van der Waals surface area contributed by atoms with E-state index in [0.29, 0.717) is 17.5 Å².